The molecule has 0 spiro atoms. The molecule has 1 atom stereocenters. The summed E-state index contributed by atoms with van der Waals surface area (Å²) in [6.07, 6.45) is 1.00. The molecule has 1 aliphatic rings. The number of aryl methyl sites for hydroxylation is 1. The van der Waals surface area contributed by atoms with Crippen LogP contribution in [0.1, 0.15) is 12.1 Å². The lowest BCUT2D eigenvalue weighted by Crippen LogP contribution is -2.20. The van der Waals surface area contributed by atoms with Crippen LogP contribution in [0, 0.1) is 6.92 Å². The standard InChI is InChI=1S/C18H19N7O/c1-11-14-9-12(5-6-15(14)23-22-11)20-18-21-17-4-2-3-16(25(17)24-18)19-13-7-8-26-10-13/h2-6,9,13,19H,7-8,10H2,1H3,(H,20,24)(H,22,23)/t13-/m1/s1. The van der Waals surface area contributed by atoms with E-state index in [2.05, 4.69) is 37.0 Å². The molecule has 0 bridgehead atoms. The molecule has 1 aromatic carbocycles. The lowest BCUT2D eigenvalue weighted by Gasteiger charge is -2.12. The van der Waals surface area contributed by atoms with Crippen LogP contribution in [0.4, 0.5) is 17.5 Å². The molecule has 8 heteroatoms. The number of hydrogen-bond donors (Lipinski definition) is 3. The summed E-state index contributed by atoms with van der Waals surface area (Å²) in [5.41, 5.74) is 3.70. The van der Waals surface area contributed by atoms with Crippen LogP contribution in [0.3, 0.4) is 0 Å². The van der Waals surface area contributed by atoms with E-state index < -0.39 is 0 Å². The number of anilines is 3. The van der Waals surface area contributed by atoms with Crippen molar-refractivity contribution < 1.29 is 4.74 Å². The second-order valence-electron chi connectivity index (χ2n) is 6.52. The summed E-state index contributed by atoms with van der Waals surface area (Å²) in [7, 11) is 0. The van der Waals surface area contributed by atoms with Gasteiger partial charge in [-0.15, -0.1) is 5.10 Å². The first-order valence-electron chi connectivity index (χ1n) is 8.68. The zero-order valence-corrected chi connectivity index (χ0v) is 14.4. The van der Waals surface area contributed by atoms with Crippen LogP contribution in [-0.4, -0.2) is 44.1 Å². The van der Waals surface area contributed by atoms with Gasteiger partial charge in [-0.2, -0.15) is 14.6 Å². The van der Waals surface area contributed by atoms with Crippen LogP contribution in [-0.2, 0) is 4.74 Å². The zero-order valence-electron chi connectivity index (χ0n) is 14.4. The average Bonchev–Trinajstić information content (AvgIpc) is 3.36. The molecule has 1 aliphatic heterocycles. The van der Waals surface area contributed by atoms with Crippen molar-refractivity contribution in [2.75, 3.05) is 23.8 Å². The van der Waals surface area contributed by atoms with Crippen molar-refractivity contribution in [1.82, 2.24) is 24.8 Å². The molecule has 0 radical (unpaired) electrons. The lowest BCUT2D eigenvalue weighted by molar-refractivity contribution is 0.195. The van der Waals surface area contributed by atoms with Gasteiger partial charge >= 0.3 is 0 Å². The molecular formula is C18H19N7O. The second kappa shape index (κ2) is 5.99. The van der Waals surface area contributed by atoms with Gasteiger partial charge in [0.05, 0.1) is 23.9 Å². The molecule has 132 valence electrons. The van der Waals surface area contributed by atoms with Gasteiger partial charge in [0.25, 0.3) is 0 Å². The molecule has 1 saturated heterocycles. The minimum absolute atomic E-state index is 0.313. The molecule has 4 heterocycles. The summed E-state index contributed by atoms with van der Waals surface area (Å²) in [4.78, 5) is 4.58. The number of H-pyrrole nitrogens is 1. The fraction of sp³-hybridized carbons (Fsp3) is 0.278. The van der Waals surface area contributed by atoms with Crippen LogP contribution < -0.4 is 10.6 Å². The van der Waals surface area contributed by atoms with Crippen molar-refractivity contribution in [2.45, 2.75) is 19.4 Å². The predicted molar refractivity (Wildman–Crippen MR) is 99.9 cm³/mol. The van der Waals surface area contributed by atoms with Crippen LogP contribution in [0.15, 0.2) is 36.4 Å². The maximum absolute atomic E-state index is 5.44. The SMILES string of the molecule is Cc1n[nH]c2ccc(Nc3nc4cccc(N[C@@H]5CCOC5)n4n3)cc12. The van der Waals surface area contributed by atoms with E-state index in [1.807, 2.05) is 41.8 Å². The Morgan fingerprint density at radius 3 is 3.12 bits per heavy atom. The number of benzene rings is 1. The summed E-state index contributed by atoms with van der Waals surface area (Å²) in [6, 6.07) is 12.3. The Balaban J connectivity index is 1.45. The lowest BCUT2D eigenvalue weighted by atomic mass is 10.2. The number of fused-ring (bicyclic) bond motifs is 2. The number of nitrogens with zero attached hydrogens (tertiary/aromatic N) is 4. The predicted octanol–water partition coefficient (Wildman–Crippen LogP) is 2.86. The number of rotatable bonds is 4. The molecule has 1 fully saturated rings. The molecule has 3 aromatic heterocycles. The molecule has 3 N–H and O–H groups in total. The number of aromatic nitrogens is 5. The fourth-order valence-corrected chi connectivity index (χ4v) is 3.28. The fourth-order valence-electron chi connectivity index (χ4n) is 3.28. The average molecular weight is 349 g/mol. The molecule has 0 saturated carbocycles. The van der Waals surface area contributed by atoms with E-state index in [0.29, 0.717) is 12.0 Å². The third-order valence-electron chi connectivity index (χ3n) is 4.65. The van der Waals surface area contributed by atoms with E-state index >= 15 is 0 Å². The van der Waals surface area contributed by atoms with Gasteiger partial charge in [0, 0.05) is 17.7 Å². The Bertz CT molecular complexity index is 1080. The summed E-state index contributed by atoms with van der Waals surface area (Å²) >= 11 is 0. The molecule has 26 heavy (non-hydrogen) atoms. The third kappa shape index (κ3) is 2.64. The largest absolute Gasteiger partial charge is 0.379 e. The molecule has 0 unspecified atom stereocenters. The van der Waals surface area contributed by atoms with Crippen molar-refractivity contribution in [2.24, 2.45) is 0 Å². The van der Waals surface area contributed by atoms with E-state index in [9.17, 15) is 0 Å². The van der Waals surface area contributed by atoms with Gasteiger partial charge in [0.1, 0.15) is 5.82 Å². The molecular weight excluding hydrogens is 330 g/mol. The van der Waals surface area contributed by atoms with Crippen LogP contribution in [0.5, 0.6) is 0 Å². The smallest absolute Gasteiger partial charge is 0.247 e. The molecule has 8 nitrogen and oxygen atoms in total. The highest BCUT2D eigenvalue weighted by Crippen LogP contribution is 2.23. The topological polar surface area (TPSA) is 92.2 Å². The highest BCUT2D eigenvalue weighted by atomic mass is 16.5. The molecule has 0 aliphatic carbocycles. The van der Waals surface area contributed by atoms with E-state index in [-0.39, 0.29) is 0 Å². The van der Waals surface area contributed by atoms with Gasteiger partial charge in [-0.05, 0) is 43.7 Å². The van der Waals surface area contributed by atoms with Gasteiger partial charge in [-0.25, -0.2) is 0 Å². The highest BCUT2D eigenvalue weighted by Gasteiger charge is 2.17. The number of ether oxygens (including phenoxy) is 1. The van der Waals surface area contributed by atoms with Crippen molar-refractivity contribution >= 4 is 34.0 Å². The minimum Gasteiger partial charge on any atom is -0.379 e. The van der Waals surface area contributed by atoms with Crippen LogP contribution in [0.25, 0.3) is 16.6 Å². The monoisotopic (exact) mass is 349 g/mol. The Hall–Kier alpha value is -3.13. The Morgan fingerprint density at radius 1 is 1.27 bits per heavy atom. The second-order valence-corrected chi connectivity index (χ2v) is 6.52. The van der Waals surface area contributed by atoms with Gasteiger partial charge in [0.2, 0.25) is 5.95 Å². The summed E-state index contributed by atoms with van der Waals surface area (Å²) in [5.74, 6) is 1.47. The van der Waals surface area contributed by atoms with E-state index in [0.717, 1.165) is 53.4 Å². The molecule has 4 aromatic rings. The molecule has 0 amide bonds. The number of aromatic amines is 1. The number of pyridine rings is 1. The summed E-state index contributed by atoms with van der Waals surface area (Å²) in [5, 5.41) is 19.7. The Morgan fingerprint density at radius 2 is 2.23 bits per heavy atom. The first-order chi connectivity index (χ1) is 12.8. The van der Waals surface area contributed by atoms with Gasteiger partial charge in [0.15, 0.2) is 5.65 Å². The van der Waals surface area contributed by atoms with Crippen molar-refractivity contribution in [3.05, 3.63) is 42.1 Å². The summed E-state index contributed by atoms with van der Waals surface area (Å²) in [6.45, 7) is 3.50. The van der Waals surface area contributed by atoms with Gasteiger partial charge in [-0.3, -0.25) is 5.10 Å². The molecule has 5 rings (SSSR count). The maximum atomic E-state index is 5.44. The van der Waals surface area contributed by atoms with Crippen molar-refractivity contribution in [3.8, 4) is 0 Å². The maximum Gasteiger partial charge on any atom is 0.247 e. The van der Waals surface area contributed by atoms with Crippen molar-refractivity contribution in [3.63, 3.8) is 0 Å². The summed E-state index contributed by atoms with van der Waals surface area (Å²) < 4.78 is 7.26. The first-order valence-corrected chi connectivity index (χ1v) is 8.68. The zero-order chi connectivity index (χ0) is 17.5. The first kappa shape index (κ1) is 15.2. The van der Waals surface area contributed by atoms with Crippen LogP contribution in [0.2, 0.25) is 0 Å². The van der Waals surface area contributed by atoms with Crippen molar-refractivity contribution in [1.29, 1.82) is 0 Å². The number of hydrogen-bond acceptors (Lipinski definition) is 6. The van der Waals surface area contributed by atoms with Gasteiger partial charge in [-0.1, -0.05) is 6.07 Å². The van der Waals surface area contributed by atoms with Crippen LogP contribution >= 0.6 is 0 Å². The van der Waals surface area contributed by atoms with E-state index in [1.165, 1.54) is 0 Å². The normalized spacial score (nSPS) is 17.2. The quantitative estimate of drug-likeness (QED) is 0.525. The minimum atomic E-state index is 0.313. The Labute approximate surface area is 149 Å². The third-order valence-corrected chi connectivity index (χ3v) is 4.65. The van der Waals surface area contributed by atoms with E-state index in [1.54, 1.807) is 0 Å². The van der Waals surface area contributed by atoms with E-state index in [4.69, 9.17) is 4.74 Å². The number of nitrogens with one attached hydrogen (secondary N) is 3. The Kier molecular flexibility index (Phi) is 3.49. The highest BCUT2D eigenvalue weighted by molar-refractivity contribution is 5.85. The van der Waals surface area contributed by atoms with Gasteiger partial charge < -0.3 is 15.4 Å².